The normalized spacial score (nSPS) is 12.0. The number of aryl methyl sites for hydroxylation is 2. The zero-order chi connectivity index (χ0) is 30.2. The predicted molar refractivity (Wildman–Crippen MR) is 162 cm³/mol. The highest BCUT2D eigenvalue weighted by molar-refractivity contribution is 8.04. The molecule has 0 aliphatic rings. The average molecular weight is 612 g/mol. The van der Waals surface area contributed by atoms with Crippen LogP contribution in [-0.4, -0.2) is 27.1 Å². The topological polar surface area (TPSA) is 132 Å². The minimum Gasteiger partial charge on any atom is -0.360 e. The van der Waals surface area contributed by atoms with Gasteiger partial charge in [0.25, 0.3) is 20.0 Å². The van der Waals surface area contributed by atoms with Gasteiger partial charge in [-0.3, -0.25) is 0 Å². The predicted octanol–water partition coefficient (Wildman–Crippen LogP) is 6.61. The summed E-state index contributed by atoms with van der Waals surface area (Å²) in [4.78, 5) is -0.418. The standard InChI is InChI=1S/C32H25N3O6S2/c1-21-29(31(33-40-21)25-9-5-3-6-10-25)23-13-17-27(18-14-23)42(36,37)35-43(38,39)28-19-15-24(16-20-28)30-22(2)41-34-32(30)26-11-7-4-8-12-26/h3-20,35H,1-2H3. The third-order valence-corrected chi connectivity index (χ3v) is 10.5. The summed E-state index contributed by atoms with van der Waals surface area (Å²) in [6, 6.07) is 30.7. The molecule has 1 N–H and O–H groups in total. The molecular weight excluding hydrogens is 587 g/mol. The van der Waals surface area contributed by atoms with Crippen molar-refractivity contribution in [1.29, 1.82) is 0 Å². The van der Waals surface area contributed by atoms with Crippen LogP contribution in [0.2, 0.25) is 0 Å². The Kier molecular flexibility index (Phi) is 7.30. The van der Waals surface area contributed by atoms with Crippen LogP contribution in [0.25, 0.3) is 44.8 Å². The van der Waals surface area contributed by atoms with Gasteiger partial charge >= 0.3 is 0 Å². The first-order valence-corrected chi connectivity index (χ1v) is 16.1. The highest BCUT2D eigenvalue weighted by Gasteiger charge is 2.26. The summed E-state index contributed by atoms with van der Waals surface area (Å²) < 4.78 is 65.2. The van der Waals surface area contributed by atoms with Crippen molar-refractivity contribution in [2.24, 2.45) is 0 Å². The first-order chi connectivity index (χ1) is 20.6. The zero-order valence-electron chi connectivity index (χ0n) is 23.1. The highest BCUT2D eigenvalue weighted by atomic mass is 32.3. The van der Waals surface area contributed by atoms with Gasteiger partial charge in [0.15, 0.2) is 0 Å². The third-order valence-electron chi connectivity index (χ3n) is 6.95. The fraction of sp³-hybridized carbons (Fsp3) is 0.0625. The van der Waals surface area contributed by atoms with Gasteiger partial charge in [-0.2, -0.15) is 0 Å². The number of aromatic nitrogens is 2. The van der Waals surface area contributed by atoms with Gasteiger partial charge in [-0.15, -0.1) is 4.13 Å². The molecule has 0 saturated heterocycles. The molecule has 0 bridgehead atoms. The summed E-state index contributed by atoms with van der Waals surface area (Å²) in [6.07, 6.45) is 0. The van der Waals surface area contributed by atoms with Crippen LogP contribution >= 0.6 is 0 Å². The fourth-order valence-electron chi connectivity index (χ4n) is 4.85. The van der Waals surface area contributed by atoms with Gasteiger partial charge in [0.1, 0.15) is 22.9 Å². The lowest BCUT2D eigenvalue weighted by Crippen LogP contribution is -2.30. The summed E-state index contributed by atoms with van der Waals surface area (Å²) in [5.41, 5.74) is 5.72. The Balaban J connectivity index is 1.24. The number of benzene rings is 4. The second kappa shape index (κ2) is 11.1. The van der Waals surface area contributed by atoms with Crippen molar-refractivity contribution in [2.45, 2.75) is 23.6 Å². The Morgan fingerprint density at radius 1 is 0.488 bits per heavy atom. The third kappa shape index (κ3) is 5.53. The summed E-state index contributed by atoms with van der Waals surface area (Å²) in [5, 5.41) is 8.34. The second-order valence-corrected chi connectivity index (χ2v) is 13.4. The van der Waals surface area contributed by atoms with Crippen molar-refractivity contribution in [3.63, 3.8) is 0 Å². The van der Waals surface area contributed by atoms with E-state index in [0.29, 0.717) is 45.2 Å². The maximum Gasteiger partial charge on any atom is 0.253 e. The van der Waals surface area contributed by atoms with E-state index in [1.807, 2.05) is 64.8 Å². The lowest BCUT2D eigenvalue weighted by Gasteiger charge is -2.10. The first-order valence-electron chi connectivity index (χ1n) is 13.2. The maximum absolute atomic E-state index is 13.1. The molecule has 6 rings (SSSR count). The van der Waals surface area contributed by atoms with Gasteiger partial charge in [0.2, 0.25) is 0 Å². The van der Waals surface area contributed by atoms with E-state index < -0.39 is 20.0 Å². The van der Waals surface area contributed by atoms with E-state index in [0.717, 1.165) is 11.1 Å². The molecule has 0 spiro atoms. The van der Waals surface area contributed by atoms with E-state index in [9.17, 15) is 16.8 Å². The molecule has 43 heavy (non-hydrogen) atoms. The van der Waals surface area contributed by atoms with Crippen LogP contribution in [0.3, 0.4) is 0 Å². The Bertz CT molecular complexity index is 1970. The molecule has 0 unspecified atom stereocenters. The number of nitrogens with zero attached hydrogens (tertiary/aromatic N) is 2. The summed E-state index contributed by atoms with van der Waals surface area (Å²) in [7, 11) is -8.86. The molecule has 0 aliphatic carbocycles. The molecule has 9 nitrogen and oxygen atoms in total. The van der Waals surface area contributed by atoms with Crippen molar-refractivity contribution in [3.05, 3.63) is 121 Å². The van der Waals surface area contributed by atoms with Crippen LogP contribution in [0.4, 0.5) is 0 Å². The van der Waals surface area contributed by atoms with Gasteiger partial charge in [0.05, 0.1) is 20.9 Å². The van der Waals surface area contributed by atoms with Crippen LogP contribution < -0.4 is 4.13 Å². The van der Waals surface area contributed by atoms with Crippen molar-refractivity contribution in [3.8, 4) is 44.8 Å². The monoisotopic (exact) mass is 611 g/mol. The molecule has 0 amide bonds. The van der Waals surface area contributed by atoms with E-state index in [1.54, 1.807) is 38.1 Å². The molecule has 0 aliphatic heterocycles. The average Bonchev–Trinajstić information content (AvgIpc) is 3.60. The van der Waals surface area contributed by atoms with Gasteiger partial charge in [-0.25, -0.2) is 16.8 Å². The number of rotatable bonds is 8. The van der Waals surface area contributed by atoms with Crippen molar-refractivity contribution in [1.82, 2.24) is 14.4 Å². The lowest BCUT2D eigenvalue weighted by molar-refractivity contribution is 0.400. The van der Waals surface area contributed by atoms with Crippen LogP contribution in [-0.2, 0) is 20.0 Å². The molecule has 11 heteroatoms. The van der Waals surface area contributed by atoms with Crippen LogP contribution in [0.5, 0.6) is 0 Å². The summed E-state index contributed by atoms with van der Waals surface area (Å²) >= 11 is 0. The molecule has 2 aromatic heterocycles. The zero-order valence-corrected chi connectivity index (χ0v) is 24.7. The number of nitrogens with one attached hydrogen (secondary N) is 1. The van der Waals surface area contributed by atoms with E-state index in [2.05, 4.69) is 10.3 Å². The maximum atomic E-state index is 13.1. The summed E-state index contributed by atoms with van der Waals surface area (Å²) in [5.74, 6) is 1.13. The van der Waals surface area contributed by atoms with Gasteiger partial charge < -0.3 is 9.05 Å². The Morgan fingerprint density at radius 2 is 0.837 bits per heavy atom. The van der Waals surface area contributed by atoms with E-state index in [1.165, 1.54) is 24.3 Å². The largest absolute Gasteiger partial charge is 0.360 e. The number of hydrogen-bond acceptors (Lipinski definition) is 8. The molecule has 216 valence electrons. The number of hydrogen-bond donors (Lipinski definition) is 1. The van der Waals surface area contributed by atoms with Crippen molar-refractivity contribution < 1.29 is 25.9 Å². The van der Waals surface area contributed by atoms with E-state index >= 15 is 0 Å². The van der Waals surface area contributed by atoms with E-state index in [4.69, 9.17) is 9.05 Å². The molecule has 6 aromatic rings. The SMILES string of the molecule is Cc1onc(-c2ccccc2)c1-c1ccc(S(=O)(=O)NS(=O)(=O)c2ccc(-c3c(-c4ccccc4)noc3C)cc2)cc1. The molecule has 4 aromatic carbocycles. The van der Waals surface area contributed by atoms with Gasteiger partial charge in [-0.1, -0.05) is 95.2 Å². The van der Waals surface area contributed by atoms with Crippen molar-refractivity contribution >= 4 is 20.0 Å². The minimum absolute atomic E-state index is 0.209. The quantitative estimate of drug-likeness (QED) is 0.203. The Hall–Kier alpha value is -4.84. The van der Waals surface area contributed by atoms with Gasteiger partial charge in [0, 0.05) is 11.1 Å². The molecular formula is C32H25N3O6S2. The fourth-order valence-corrected chi connectivity index (χ4v) is 7.77. The van der Waals surface area contributed by atoms with Crippen LogP contribution in [0.15, 0.2) is 128 Å². The minimum atomic E-state index is -4.43. The first kappa shape index (κ1) is 28.3. The second-order valence-electron chi connectivity index (χ2n) is 9.80. The molecule has 0 saturated carbocycles. The lowest BCUT2D eigenvalue weighted by atomic mass is 10.00. The van der Waals surface area contributed by atoms with E-state index in [-0.39, 0.29) is 9.79 Å². The smallest absolute Gasteiger partial charge is 0.253 e. The number of sulfonamides is 2. The molecule has 0 fully saturated rings. The Morgan fingerprint density at radius 3 is 1.19 bits per heavy atom. The Labute approximate surface area is 248 Å². The molecule has 2 heterocycles. The molecule has 0 atom stereocenters. The molecule has 0 radical (unpaired) electrons. The summed E-state index contributed by atoms with van der Waals surface area (Å²) in [6.45, 7) is 3.54. The highest BCUT2D eigenvalue weighted by Crippen LogP contribution is 2.36. The van der Waals surface area contributed by atoms with Crippen LogP contribution in [0, 0.1) is 13.8 Å². The van der Waals surface area contributed by atoms with Gasteiger partial charge in [-0.05, 0) is 49.2 Å². The van der Waals surface area contributed by atoms with Crippen molar-refractivity contribution in [2.75, 3.05) is 0 Å². The van der Waals surface area contributed by atoms with Crippen LogP contribution in [0.1, 0.15) is 11.5 Å².